The minimum absolute atomic E-state index is 0.299. The highest BCUT2D eigenvalue weighted by molar-refractivity contribution is 6.35. The molecule has 1 aromatic heterocycles. The van der Waals surface area contributed by atoms with Crippen molar-refractivity contribution in [3.05, 3.63) is 75.9 Å². The first-order valence-electron chi connectivity index (χ1n) is 8.67. The maximum atomic E-state index is 12.4. The summed E-state index contributed by atoms with van der Waals surface area (Å²) < 4.78 is 12.2. The highest BCUT2D eigenvalue weighted by atomic mass is 35.5. The smallest absolute Gasteiger partial charge is 0.249 e. The van der Waals surface area contributed by atoms with Crippen molar-refractivity contribution in [2.75, 3.05) is 19.5 Å². The van der Waals surface area contributed by atoms with Gasteiger partial charge in [0.05, 0.1) is 27.0 Å². The molecule has 29 heavy (non-hydrogen) atoms. The summed E-state index contributed by atoms with van der Waals surface area (Å²) in [6.07, 6.45) is 4.71. The minimum atomic E-state index is -0.299. The average Bonchev–Trinajstić information content (AvgIpc) is 3.14. The first-order valence-corrected chi connectivity index (χ1v) is 9.42. The van der Waals surface area contributed by atoms with Gasteiger partial charge in [0, 0.05) is 33.8 Å². The van der Waals surface area contributed by atoms with Crippen LogP contribution in [0, 0.1) is 0 Å². The van der Waals surface area contributed by atoms with Crippen molar-refractivity contribution < 1.29 is 14.3 Å². The molecule has 0 spiro atoms. The molecule has 2 aromatic carbocycles. The van der Waals surface area contributed by atoms with Crippen LogP contribution in [0.2, 0.25) is 10.0 Å². The summed E-state index contributed by atoms with van der Waals surface area (Å²) in [7, 11) is 3.14. The van der Waals surface area contributed by atoms with Gasteiger partial charge >= 0.3 is 0 Å². The number of hydrogen-bond acceptors (Lipinski definition) is 4. The second-order valence-electron chi connectivity index (χ2n) is 6.04. The number of nitrogens with zero attached hydrogens (tertiary/aromatic N) is 2. The normalized spacial score (nSPS) is 10.9. The lowest BCUT2D eigenvalue weighted by Crippen LogP contribution is -2.14. The van der Waals surface area contributed by atoms with Gasteiger partial charge in [-0.1, -0.05) is 29.3 Å². The standard InChI is InChI=1S/C21H19Cl2N3O3/c1-28-17-7-4-14(19(12-17)29-2)5-8-21(27)25-20-9-10-24-26(20)13-15-3-6-16(22)11-18(15)23/h3-12H,13H2,1-2H3,(H,25,27)/b8-5+. The Morgan fingerprint density at radius 1 is 1.14 bits per heavy atom. The second kappa shape index (κ2) is 9.49. The summed E-state index contributed by atoms with van der Waals surface area (Å²) >= 11 is 12.2. The minimum Gasteiger partial charge on any atom is -0.497 e. The van der Waals surface area contributed by atoms with Gasteiger partial charge in [-0.3, -0.25) is 4.79 Å². The predicted molar refractivity (Wildman–Crippen MR) is 115 cm³/mol. The molecule has 1 N–H and O–H groups in total. The number of carbonyl (C=O) groups excluding carboxylic acids is 1. The van der Waals surface area contributed by atoms with Crippen LogP contribution in [-0.4, -0.2) is 29.9 Å². The lowest BCUT2D eigenvalue weighted by Gasteiger charge is -2.10. The fourth-order valence-electron chi connectivity index (χ4n) is 2.67. The molecule has 0 saturated heterocycles. The van der Waals surface area contributed by atoms with E-state index in [9.17, 15) is 4.79 Å². The Labute approximate surface area is 178 Å². The van der Waals surface area contributed by atoms with Gasteiger partial charge in [0.15, 0.2) is 0 Å². The number of nitrogens with one attached hydrogen (secondary N) is 1. The van der Waals surface area contributed by atoms with Crippen LogP contribution in [0.5, 0.6) is 11.5 Å². The molecule has 0 aliphatic rings. The Balaban J connectivity index is 1.71. The number of methoxy groups -OCH3 is 2. The molecule has 150 valence electrons. The number of benzene rings is 2. The molecule has 1 amide bonds. The van der Waals surface area contributed by atoms with Crippen LogP contribution in [0.25, 0.3) is 6.08 Å². The quantitative estimate of drug-likeness (QED) is 0.539. The average molecular weight is 432 g/mol. The van der Waals surface area contributed by atoms with Crippen LogP contribution >= 0.6 is 23.2 Å². The molecular formula is C21H19Cl2N3O3. The number of ether oxygens (including phenoxy) is 2. The molecule has 0 unspecified atom stereocenters. The van der Waals surface area contributed by atoms with E-state index in [1.165, 1.54) is 6.08 Å². The molecule has 0 atom stereocenters. The van der Waals surface area contributed by atoms with Gasteiger partial charge in [-0.15, -0.1) is 0 Å². The van der Waals surface area contributed by atoms with Gasteiger partial charge < -0.3 is 14.8 Å². The van der Waals surface area contributed by atoms with E-state index in [0.717, 1.165) is 11.1 Å². The van der Waals surface area contributed by atoms with E-state index >= 15 is 0 Å². The van der Waals surface area contributed by atoms with Crippen LogP contribution in [0.3, 0.4) is 0 Å². The van der Waals surface area contributed by atoms with E-state index in [4.69, 9.17) is 32.7 Å². The lowest BCUT2D eigenvalue weighted by atomic mass is 10.1. The highest BCUT2D eigenvalue weighted by Gasteiger charge is 2.09. The molecule has 0 fully saturated rings. The number of carbonyl (C=O) groups is 1. The highest BCUT2D eigenvalue weighted by Crippen LogP contribution is 2.26. The largest absolute Gasteiger partial charge is 0.497 e. The lowest BCUT2D eigenvalue weighted by molar-refractivity contribution is -0.111. The molecule has 0 aliphatic carbocycles. The Morgan fingerprint density at radius 2 is 1.97 bits per heavy atom. The molecule has 8 heteroatoms. The molecule has 6 nitrogen and oxygen atoms in total. The molecule has 0 saturated carbocycles. The van der Waals surface area contributed by atoms with E-state index < -0.39 is 0 Å². The number of amides is 1. The third-order valence-corrected chi connectivity index (χ3v) is 4.74. The van der Waals surface area contributed by atoms with E-state index in [1.807, 2.05) is 12.1 Å². The summed E-state index contributed by atoms with van der Waals surface area (Å²) in [5, 5.41) is 8.16. The van der Waals surface area contributed by atoms with Crippen molar-refractivity contribution in [3.63, 3.8) is 0 Å². The Bertz CT molecular complexity index is 1050. The Morgan fingerprint density at radius 3 is 2.69 bits per heavy atom. The summed E-state index contributed by atoms with van der Waals surface area (Å²) in [6, 6.07) is 12.3. The van der Waals surface area contributed by atoms with Gasteiger partial charge in [-0.25, -0.2) is 4.68 Å². The van der Waals surface area contributed by atoms with Crippen LogP contribution < -0.4 is 14.8 Å². The molecular weight excluding hydrogens is 413 g/mol. The monoisotopic (exact) mass is 431 g/mol. The van der Waals surface area contributed by atoms with Crippen molar-refractivity contribution in [3.8, 4) is 11.5 Å². The van der Waals surface area contributed by atoms with Gasteiger partial charge in [0.25, 0.3) is 0 Å². The molecule has 0 bridgehead atoms. The maximum Gasteiger partial charge on any atom is 0.249 e. The zero-order valence-electron chi connectivity index (χ0n) is 15.9. The summed E-state index contributed by atoms with van der Waals surface area (Å²) in [5.41, 5.74) is 1.60. The van der Waals surface area contributed by atoms with Crippen LogP contribution in [0.15, 0.2) is 54.7 Å². The third-order valence-electron chi connectivity index (χ3n) is 4.16. The first-order chi connectivity index (χ1) is 14.0. The molecule has 1 heterocycles. The maximum absolute atomic E-state index is 12.4. The number of halogens is 2. The van der Waals surface area contributed by atoms with Crippen molar-refractivity contribution in [1.82, 2.24) is 9.78 Å². The SMILES string of the molecule is COc1ccc(/C=C/C(=O)Nc2ccnn2Cc2ccc(Cl)cc2Cl)c(OC)c1. The van der Waals surface area contributed by atoms with E-state index in [2.05, 4.69) is 10.4 Å². The number of rotatable bonds is 7. The van der Waals surface area contributed by atoms with Crippen molar-refractivity contribution in [2.45, 2.75) is 6.54 Å². The molecule has 0 radical (unpaired) electrons. The van der Waals surface area contributed by atoms with E-state index in [0.29, 0.717) is 33.9 Å². The van der Waals surface area contributed by atoms with Gasteiger partial charge in [0.1, 0.15) is 17.3 Å². The fraction of sp³-hybridized carbons (Fsp3) is 0.143. The van der Waals surface area contributed by atoms with E-state index in [-0.39, 0.29) is 5.91 Å². The van der Waals surface area contributed by atoms with E-state index in [1.54, 1.807) is 61.5 Å². The van der Waals surface area contributed by atoms with Gasteiger partial charge in [-0.05, 0) is 35.9 Å². The molecule has 3 rings (SSSR count). The molecule has 3 aromatic rings. The van der Waals surface area contributed by atoms with Crippen molar-refractivity contribution in [1.29, 1.82) is 0 Å². The van der Waals surface area contributed by atoms with Gasteiger partial charge in [0.2, 0.25) is 5.91 Å². The Hall–Kier alpha value is -2.96. The molecule has 0 aliphatic heterocycles. The van der Waals surface area contributed by atoms with Crippen molar-refractivity contribution in [2.24, 2.45) is 0 Å². The van der Waals surface area contributed by atoms with Crippen LogP contribution in [0.1, 0.15) is 11.1 Å². The summed E-state index contributed by atoms with van der Waals surface area (Å²) in [4.78, 5) is 12.4. The zero-order chi connectivity index (χ0) is 20.8. The number of hydrogen-bond donors (Lipinski definition) is 1. The summed E-state index contributed by atoms with van der Waals surface area (Å²) in [6.45, 7) is 0.397. The zero-order valence-corrected chi connectivity index (χ0v) is 17.4. The number of aromatic nitrogens is 2. The third kappa shape index (κ3) is 5.31. The summed E-state index contributed by atoms with van der Waals surface area (Å²) in [5.74, 6) is 1.53. The Kier molecular flexibility index (Phi) is 6.80. The van der Waals surface area contributed by atoms with Crippen LogP contribution in [-0.2, 0) is 11.3 Å². The van der Waals surface area contributed by atoms with Gasteiger partial charge in [-0.2, -0.15) is 5.10 Å². The second-order valence-corrected chi connectivity index (χ2v) is 6.88. The first kappa shape index (κ1) is 20.8. The fourth-order valence-corrected chi connectivity index (χ4v) is 3.13. The number of anilines is 1. The predicted octanol–water partition coefficient (Wildman–Crippen LogP) is 4.91. The topological polar surface area (TPSA) is 65.4 Å². The van der Waals surface area contributed by atoms with Crippen molar-refractivity contribution >= 4 is 41.0 Å². The van der Waals surface area contributed by atoms with Crippen LogP contribution in [0.4, 0.5) is 5.82 Å².